The monoisotopic (exact) mass is 471 g/mol. The molecule has 0 N–H and O–H groups in total. The molecule has 0 saturated carbocycles. The van der Waals surface area contributed by atoms with Crippen molar-refractivity contribution < 1.29 is 14.3 Å². The van der Waals surface area contributed by atoms with Crippen molar-refractivity contribution in [3.8, 4) is 17.0 Å². The highest BCUT2D eigenvalue weighted by molar-refractivity contribution is 6.00. The Kier molecular flexibility index (Phi) is 6.35. The van der Waals surface area contributed by atoms with Crippen molar-refractivity contribution in [1.82, 2.24) is 15.1 Å². The van der Waals surface area contributed by atoms with Gasteiger partial charge in [-0.2, -0.15) is 0 Å². The van der Waals surface area contributed by atoms with E-state index in [-0.39, 0.29) is 24.2 Å². The average molecular weight is 472 g/mol. The number of carbonyl (C=O) groups excluding carboxylic acids is 2. The summed E-state index contributed by atoms with van der Waals surface area (Å²) in [7, 11) is 1.60. The number of carbonyl (C=O) groups is 2. The molecule has 2 aliphatic rings. The second-order valence-corrected chi connectivity index (χ2v) is 9.01. The van der Waals surface area contributed by atoms with Gasteiger partial charge in [-0.25, -0.2) is 0 Å². The van der Waals surface area contributed by atoms with Crippen LogP contribution >= 0.6 is 0 Å². The van der Waals surface area contributed by atoms with Crippen LogP contribution in [0.3, 0.4) is 0 Å². The topological polar surface area (TPSA) is 78.9 Å². The molecule has 0 radical (unpaired) electrons. The first-order valence-corrected chi connectivity index (χ1v) is 11.9. The number of ether oxygens (including phenoxy) is 1. The molecule has 8 nitrogen and oxygen atoms in total. The number of aromatic nitrogens is 2. The molecule has 0 bridgehead atoms. The molecule has 5 rings (SSSR count). The van der Waals surface area contributed by atoms with Crippen LogP contribution in [0.15, 0.2) is 60.7 Å². The van der Waals surface area contributed by atoms with E-state index in [1.165, 1.54) is 0 Å². The number of aryl methyl sites for hydroxylation is 1. The number of benzene rings is 2. The predicted molar refractivity (Wildman–Crippen MR) is 134 cm³/mol. The van der Waals surface area contributed by atoms with Gasteiger partial charge in [0, 0.05) is 56.5 Å². The van der Waals surface area contributed by atoms with E-state index in [9.17, 15) is 9.59 Å². The number of rotatable bonds is 5. The van der Waals surface area contributed by atoms with E-state index in [2.05, 4.69) is 28.1 Å². The molecule has 180 valence electrons. The molecule has 1 aromatic heterocycles. The quantitative estimate of drug-likeness (QED) is 0.569. The van der Waals surface area contributed by atoms with Crippen LogP contribution in [0.2, 0.25) is 0 Å². The smallest absolute Gasteiger partial charge is 0.228 e. The number of methoxy groups -OCH3 is 1. The fourth-order valence-electron chi connectivity index (χ4n) is 4.81. The summed E-state index contributed by atoms with van der Waals surface area (Å²) in [5, 5.41) is 8.88. The molecule has 1 atom stereocenters. The number of anilines is 2. The molecule has 2 aromatic carbocycles. The Hall–Kier alpha value is -3.94. The second kappa shape index (κ2) is 9.74. The summed E-state index contributed by atoms with van der Waals surface area (Å²) in [5.41, 5.74) is 3.86. The lowest BCUT2D eigenvalue weighted by atomic mass is 10.1. The Morgan fingerprint density at radius 2 is 1.77 bits per heavy atom. The third kappa shape index (κ3) is 4.69. The molecule has 0 aliphatic carbocycles. The summed E-state index contributed by atoms with van der Waals surface area (Å²) in [6, 6.07) is 19.5. The fourth-order valence-corrected chi connectivity index (χ4v) is 4.81. The standard InChI is InChI=1S/C27H29N5O3/c1-19-6-3-4-9-23(19)24-10-11-25(29-28-24)30-12-14-31(15-13-30)27(34)20-16-26(33)32(18-20)21-7-5-8-22(17-21)35-2/h3-11,17,20H,12-16,18H2,1-2H3. The summed E-state index contributed by atoms with van der Waals surface area (Å²) in [6.45, 7) is 5.04. The van der Waals surface area contributed by atoms with E-state index in [4.69, 9.17) is 4.74 Å². The largest absolute Gasteiger partial charge is 0.497 e. The minimum atomic E-state index is -0.326. The highest BCUT2D eigenvalue weighted by Crippen LogP contribution is 2.29. The van der Waals surface area contributed by atoms with Gasteiger partial charge in [0.05, 0.1) is 18.7 Å². The summed E-state index contributed by atoms with van der Waals surface area (Å²) in [6.07, 6.45) is 0.238. The van der Waals surface area contributed by atoms with E-state index >= 15 is 0 Å². The molecule has 2 fully saturated rings. The molecular formula is C27H29N5O3. The van der Waals surface area contributed by atoms with Gasteiger partial charge < -0.3 is 19.4 Å². The first kappa shape index (κ1) is 22.8. The third-order valence-electron chi connectivity index (χ3n) is 6.83. The first-order valence-electron chi connectivity index (χ1n) is 11.9. The van der Waals surface area contributed by atoms with Crippen LogP contribution in [-0.4, -0.2) is 66.7 Å². The van der Waals surface area contributed by atoms with Gasteiger partial charge in [-0.3, -0.25) is 9.59 Å². The minimum absolute atomic E-state index is 0.0285. The van der Waals surface area contributed by atoms with Crippen LogP contribution in [0, 0.1) is 12.8 Å². The molecule has 2 aliphatic heterocycles. The molecule has 35 heavy (non-hydrogen) atoms. The Morgan fingerprint density at radius 1 is 0.971 bits per heavy atom. The van der Waals surface area contributed by atoms with E-state index in [0.717, 1.165) is 28.3 Å². The van der Waals surface area contributed by atoms with Crippen LogP contribution in [-0.2, 0) is 9.59 Å². The van der Waals surface area contributed by atoms with E-state index in [0.29, 0.717) is 38.5 Å². The number of piperazine rings is 1. The van der Waals surface area contributed by atoms with Gasteiger partial charge in [-0.15, -0.1) is 10.2 Å². The number of nitrogens with zero attached hydrogens (tertiary/aromatic N) is 5. The maximum Gasteiger partial charge on any atom is 0.228 e. The highest BCUT2D eigenvalue weighted by atomic mass is 16.5. The Labute approximate surface area is 205 Å². The molecule has 8 heteroatoms. The van der Waals surface area contributed by atoms with Crippen LogP contribution in [0.1, 0.15) is 12.0 Å². The first-order chi connectivity index (χ1) is 17.0. The van der Waals surface area contributed by atoms with Crippen molar-refractivity contribution in [3.63, 3.8) is 0 Å². The SMILES string of the molecule is COc1cccc(N2CC(C(=O)N3CCN(c4ccc(-c5ccccc5C)nn4)CC3)CC2=O)c1. The Bertz CT molecular complexity index is 1220. The Morgan fingerprint density at radius 3 is 2.49 bits per heavy atom. The summed E-state index contributed by atoms with van der Waals surface area (Å²) in [5.74, 6) is 1.20. The van der Waals surface area contributed by atoms with Gasteiger partial charge >= 0.3 is 0 Å². The van der Waals surface area contributed by atoms with Crippen molar-refractivity contribution >= 4 is 23.3 Å². The highest BCUT2D eigenvalue weighted by Gasteiger charge is 2.38. The van der Waals surface area contributed by atoms with Gasteiger partial charge in [0.25, 0.3) is 0 Å². The zero-order chi connectivity index (χ0) is 24.4. The van der Waals surface area contributed by atoms with Gasteiger partial charge in [0.2, 0.25) is 11.8 Å². The van der Waals surface area contributed by atoms with Crippen LogP contribution < -0.4 is 14.5 Å². The van der Waals surface area contributed by atoms with Crippen LogP contribution in [0.25, 0.3) is 11.3 Å². The summed E-state index contributed by atoms with van der Waals surface area (Å²) in [4.78, 5) is 31.6. The molecule has 1 unspecified atom stereocenters. The van der Waals surface area contributed by atoms with E-state index < -0.39 is 0 Å². The maximum atomic E-state index is 13.2. The zero-order valence-electron chi connectivity index (χ0n) is 20.1. The van der Waals surface area contributed by atoms with Crippen molar-refractivity contribution in [2.75, 3.05) is 49.6 Å². The van der Waals surface area contributed by atoms with Crippen molar-refractivity contribution in [2.45, 2.75) is 13.3 Å². The zero-order valence-corrected chi connectivity index (χ0v) is 20.1. The van der Waals surface area contributed by atoms with Gasteiger partial charge in [-0.1, -0.05) is 30.3 Å². The molecule has 2 saturated heterocycles. The molecule has 2 amide bonds. The molecule has 3 aromatic rings. The van der Waals surface area contributed by atoms with Crippen molar-refractivity contribution in [3.05, 3.63) is 66.2 Å². The summed E-state index contributed by atoms with van der Waals surface area (Å²) >= 11 is 0. The molecule has 3 heterocycles. The summed E-state index contributed by atoms with van der Waals surface area (Å²) < 4.78 is 5.27. The number of hydrogen-bond acceptors (Lipinski definition) is 6. The van der Waals surface area contributed by atoms with Gasteiger partial charge in [0.1, 0.15) is 5.75 Å². The van der Waals surface area contributed by atoms with Crippen LogP contribution in [0.5, 0.6) is 5.75 Å². The predicted octanol–water partition coefficient (Wildman–Crippen LogP) is 3.16. The normalized spacial score (nSPS) is 18.2. The number of hydrogen-bond donors (Lipinski definition) is 0. The van der Waals surface area contributed by atoms with Crippen LogP contribution in [0.4, 0.5) is 11.5 Å². The lowest BCUT2D eigenvalue weighted by molar-refractivity contribution is -0.136. The van der Waals surface area contributed by atoms with Crippen molar-refractivity contribution in [2.24, 2.45) is 5.92 Å². The van der Waals surface area contributed by atoms with Gasteiger partial charge in [-0.05, 0) is 36.8 Å². The van der Waals surface area contributed by atoms with E-state index in [1.807, 2.05) is 59.5 Å². The molecule has 0 spiro atoms. The second-order valence-electron chi connectivity index (χ2n) is 9.01. The maximum absolute atomic E-state index is 13.2. The third-order valence-corrected chi connectivity index (χ3v) is 6.83. The van der Waals surface area contributed by atoms with Gasteiger partial charge in [0.15, 0.2) is 5.82 Å². The average Bonchev–Trinajstić information content (AvgIpc) is 3.30. The minimum Gasteiger partial charge on any atom is -0.497 e. The fraction of sp³-hybridized carbons (Fsp3) is 0.333. The van der Waals surface area contributed by atoms with E-state index in [1.54, 1.807) is 12.0 Å². The lowest BCUT2D eigenvalue weighted by Crippen LogP contribution is -2.51. The Balaban J connectivity index is 1.18. The lowest BCUT2D eigenvalue weighted by Gasteiger charge is -2.36. The molecular weight excluding hydrogens is 442 g/mol. The number of amides is 2. The van der Waals surface area contributed by atoms with Crippen molar-refractivity contribution in [1.29, 1.82) is 0 Å².